The predicted octanol–water partition coefficient (Wildman–Crippen LogP) is 4.21. The molecule has 144 valence electrons. The average molecular weight is 367 g/mol. The van der Waals surface area contributed by atoms with Gasteiger partial charge >= 0.3 is 0 Å². The van der Waals surface area contributed by atoms with Gasteiger partial charge in [-0.25, -0.2) is 0 Å². The number of ether oxygens (including phenoxy) is 1. The van der Waals surface area contributed by atoms with Crippen molar-refractivity contribution in [2.75, 3.05) is 26.2 Å². The Kier molecular flexibility index (Phi) is 6.17. The van der Waals surface area contributed by atoms with E-state index in [1.165, 1.54) is 0 Å². The maximum Gasteiger partial charge on any atom is 0.253 e. The second-order valence-electron chi connectivity index (χ2n) is 8.10. The van der Waals surface area contributed by atoms with Gasteiger partial charge < -0.3 is 9.64 Å². The number of amides is 1. The molecule has 0 spiro atoms. The second-order valence-corrected chi connectivity index (χ2v) is 8.10. The molecule has 1 aliphatic heterocycles. The highest BCUT2D eigenvalue weighted by molar-refractivity contribution is 5.94. The zero-order chi connectivity index (χ0) is 19.3. The first-order valence-corrected chi connectivity index (χ1v) is 9.74. The van der Waals surface area contributed by atoms with Gasteiger partial charge in [-0.1, -0.05) is 30.3 Å². The van der Waals surface area contributed by atoms with Crippen molar-refractivity contribution in [2.45, 2.75) is 39.3 Å². The Hall–Kier alpha value is -2.33. The largest absolute Gasteiger partial charge is 0.489 e. The Bertz CT molecular complexity index is 735. The van der Waals surface area contributed by atoms with E-state index in [0.717, 1.165) is 49.5 Å². The number of para-hydroxylation sites is 1. The SMILES string of the molecule is CC(C)(C)N1CCCN(C(=O)c2ccc(COc3ccccc3)cc2)CC1. The molecular weight excluding hydrogens is 336 g/mol. The molecule has 0 bridgehead atoms. The third-order valence-electron chi connectivity index (χ3n) is 5.08. The third kappa shape index (κ3) is 5.33. The van der Waals surface area contributed by atoms with Crippen LogP contribution >= 0.6 is 0 Å². The molecule has 1 aliphatic rings. The van der Waals surface area contributed by atoms with Crippen LogP contribution in [0.2, 0.25) is 0 Å². The van der Waals surface area contributed by atoms with E-state index in [1.54, 1.807) is 0 Å². The van der Waals surface area contributed by atoms with Crippen LogP contribution in [0.3, 0.4) is 0 Å². The van der Waals surface area contributed by atoms with Gasteiger partial charge in [-0.15, -0.1) is 0 Å². The maximum absolute atomic E-state index is 12.9. The molecule has 0 saturated carbocycles. The van der Waals surface area contributed by atoms with Crippen LogP contribution in [-0.2, 0) is 6.61 Å². The summed E-state index contributed by atoms with van der Waals surface area (Å²) in [5, 5.41) is 0. The van der Waals surface area contributed by atoms with Crippen LogP contribution in [0.1, 0.15) is 43.1 Å². The van der Waals surface area contributed by atoms with E-state index in [-0.39, 0.29) is 11.4 Å². The highest BCUT2D eigenvalue weighted by Gasteiger charge is 2.26. The summed E-state index contributed by atoms with van der Waals surface area (Å²) in [6.07, 6.45) is 1.02. The third-order valence-corrected chi connectivity index (χ3v) is 5.08. The van der Waals surface area contributed by atoms with Crippen LogP contribution in [0.5, 0.6) is 5.75 Å². The molecule has 27 heavy (non-hydrogen) atoms. The number of nitrogens with zero attached hydrogens (tertiary/aromatic N) is 2. The van der Waals surface area contributed by atoms with E-state index < -0.39 is 0 Å². The zero-order valence-electron chi connectivity index (χ0n) is 16.6. The smallest absolute Gasteiger partial charge is 0.253 e. The zero-order valence-corrected chi connectivity index (χ0v) is 16.6. The van der Waals surface area contributed by atoms with E-state index in [2.05, 4.69) is 25.7 Å². The van der Waals surface area contributed by atoms with Crippen molar-refractivity contribution in [3.8, 4) is 5.75 Å². The van der Waals surface area contributed by atoms with Gasteiger partial charge in [-0.3, -0.25) is 9.69 Å². The van der Waals surface area contributed by atoms with Gasteiger partial charge in [0.2, 0.25) is 0 Å². The Labute approximate surface area is 162 Å². The molecule has 0 radical (unpaired) electrons. The summed E-state index contributed by atoms with van der Waals surface area (Å²) < 4.78 is 5.77. The molecule has 0 aromatic heterocycles. The highest BCUT2D eigenvalue weighted by atomic mass is 16.5. The molecule has 1 fully saturated rings. The minimum Gasteiger partial charge on any atom is -0.489 e. The van der Waals surface area contributed by atoms with E-state index in [4.69, 9.17) is 4.74 Å². The van der Waals surface area contributed by atoms with Crippen LogP contribution < -0.4 is 4.74 Å². The summed E-state index contributed by atoms with van der Waals surface area (Å²) in [5.74, 6) is 0.979. The Morgan fingerprint density at radius 2 is 1.63 bits per heavy atom. The second kappa shape index (κ2) is 8.57. The summed E-state index contributed by atoms with van der Waals surface area (Å²) >= 11 is 0. The van der Waals surface area contributed by atoms with Gasteiger partial charge in [-0.2, -0.15) is 0 Å². The van der Waals surface area contributed by atoms with Crippen molar-refractivity contribution in [3.05, 3.63) is 65.7 Å². The standard InChI is InChI=1S/C23H30N2O2/c1-23(2,3)25-15-7-14-24(16-17-25)22(26)20-12-10-19(11-13-20)18-27-21-8-5-4-6-9-21/h4-6,8-13H,7,14-18H2,1-3H3. The number of hydrogen-bond acceptors (Lipinski definition) is 3. The van der Waals surface area contributed by atoms with Gasteiger partial charge in [-0.05, 0) is 57.0 Å². The lowest BCUT2D eigenvalue weighted by molar-refractivity contribution is 0.0749. The molecule has 4 nitrogen and oxygen atoms in total. The molecule has 0 aliphatic carbocycles. The van der Waals surface area contributed by atoms with Crippen molar-refractivity contribution < 1.29 is 9.53 Å². The molecule has 1 saturated heterocycles. The van der Waals surface area contributed by atoms with E-state index in [1.807, 2.05) is 59.5 Å². The molecule has 0 atom stereocenters. The Morgan fingerprint density at radius 3 is 2.30 bits per heavy atom. The first-order chi connectivity index (χ1) is 12.9. The molecule has 3 rings (SSSR count). The van der Waals surface area contributed by atoms with Crippen LogP contribution in [0.4, 0.5) is 0 Å². The van der Waals surface area contributed by atoms with E-state index in [0.29, 0.717) is 6.61 Å². The van der Waals surface area contributed by atoms with Crippen molar-refractivity contribution in [1.29, 1.82) is 0 Å². The van der Waals surface area contributed by atoms with Crippen molar-refractivity contribution in [3.63, 3.8) is 0 Å². The van der Waals surface area contributed by atoms with Gasteiger partial charge in [0.1, 0.15) is 12.4 Å². The van der Waals surface area contributed by atoms with Crippen LogP contribution in [-0.4, -0.2) is 47.4 Å². The first kappa shape index (κ1) is 19.4. The summed E-state index contributed by atoms with van der Waals surface area (Å²) in [6.45, 7) is 10.8. The van der Waals surface area contributed by atoms with Crippen LogP contribution in [0.15, 0.2) is 54.6 Å². The van der Waals surface area contributed by atoms with Gasteiger partial charge in [0, 0.05) is 37.3 Å². The summed E-state index contributed by atoms with van der Waals surface area (Å²) in [7, 11) is 0. The van der Waals surface area contributed by atoms with Gasteiger partial charge in [0.05, 0.1) is 0 Å². The van der Waals surface area contributed by atoms with Crippen molar-refractivity contribution >= 4 is 5.91 Å². The van der Waals surface area contributed by atoms with Crippen LogP contribution in [0, 0.1) is 0 Å². The topological polar surface area (TPSA) is 32.8 Å². The molecular formula is C23H30N2O2. The minimum atomic E-state index is 0.126. The molecule has 0 N–H and O–H groups in total. The number of hydrogen-bond donors (Lipinski definition) is 0. The normalized spacial score (nSPS) is 16.0. The quantitative estimate of drug-likeness (QED) is 0.812. The fourth-order valence-corrected chi connectivity index (χ4v) is 3.40. The monoisotopic (exact) mass is 366 g/mol. The Morgan fingerprint density at radius 1 is 0.926 bits per heavy atom. The maximum atomic E-state index is 12.9. The molecule has 2 aromatic rings. The van der Waals surface area contributed by atoms with E-state index in [9.17, 15) is 4.79 Å². The molecule has 1 heterocycles. The molecule has 2 aromatic carbocycles. The molecule has 1 amide bonds. The lowest BCUT2D eigenvalue weighted by atomic mass is 10.1. The fourth-order valence-electron chi connectivity index (χ4n) is 3.40. The summed E-state index contributed by atoms with van der Waals surface area (Å²) in [4.78, 5) is 17.3. The van der Waals surface area contributed by atoms with Crippen molar-refractivity contribution in [1.82, 2.24) is 9.80 Å². The number of rotatable bonds is 4. The summed E-state index contributed by atoms with van der Waals surface area (Å²) in [5.41, 5.74) is 1.97. The molecule has 4 heteroatoms. The summed E-state index contributed by atoms with van der Waals surface area (Å²) in [6, 6.07) is 17.6. The minimum absolute atomic E-state index is 0.126. The number of carbonyl (C=O) groups excluding carboxylic acids is 1. The number of benzene rings is 2. The Balaban J connectivity index is 1.57. The molecule has 0 unspecified atom stereocenters. The average Bonchev–Trinajstić information content (AvgIpc) is 2.93. The van der Waals surface area contributed by atoms with E-state index >= 15 is 0 Å². The predicted molar refractivity (Wildman–Crippen MR) is 109 cm³/mol. The number of carbonyl (C=O) groups is 1. The highest BCUT2D eigenvalue weighted by Crippen LogP contribution is 2.18. The fraction of sp³-hybridized carbons (Fsp3) is 0.435. The van der Waals surface area contributed by atoms with Crippen molar-refractivity contribution in [2.24, 2.45) is 0 Å². The first-order valence-electron chi connectivity index (χ1n) is 9.74. The van der Waals surface area contributed by atoms with Gasteiger partial charge in [0.25, 0.3) is 5.91 Å². The lowest BCUT2D eigenvalue weighted by Crippen LogP contribution is -2.44. The van der Waals surface area contributed by atoms with Crippen LogP contribution in [0.25, 0.3) is 0 Å². The lowest BCUT2D eigenvalue weighted by Gasteiger charge is -2.34. The van der Waals surface area contributed by atoms with Gasteiger partial charge in [0.15, 0.2) is 0 Å².